The second kappa shape index (κ2) is 5.82. The average molecular weight is 268 g/mol. The second-order valence-electron chi connectivity index (χ2n) is 4.84. The number of hydrogen-bond donors (Lipinski definition) is 1. The quantitative estimate of drug-likeness (QED) is 0.879. The number of nitrogens with zero attached hydrogens (tertiary/aromatic N) is 1. The fourth-order valence-electron chi connectivity index (χ4n) is 2.32. The van der Waals surface area contributed by atoms with Crippen molar-refractivity contribution >= 4 is 10.0 Å². The van der Waals surface area contributed by atoms with Crippen molar-refractivity contribution in [1.29, 1.82) is 0 Å². The van der Waals surface area contributed by atoms with E-state index in [1.54, 1.807) is 24.3 Å². The minimum absolute atomic E-state index is 0.0618. The maximum absolute atomic E-state index is 12.1. The van der Waals surface area contributed by atoms with Crippen LogP contribution < -0.4 is 4.72 Å². The Kier molecular flexibility index (Phi) is 4.37. The van der Waals surface area contributed by atoms with Crippen LogP contribution in [0.1, 0.15) is 19.8 Å². The Hall–Kier alpha value is -0.910. The summed E-state index contributed by atoms with van der Waals surface area (Å²) in [7, 11) is -3.38. The Labute approximate surface area is 109 Å². The first-order valence-corrected chi connectivity index (χ1v) is 7.86. The molecule has 1 unspecified atom stereocenters. The molecule has 4 nitrogen and oxygen atoms in total. The van der Waals surface area contributed by atoms with Crippen LogP contribution >= 0.6 is 0 Å². The zero-order chi connectivity index (χ0) is 13.0. The number of nitrogens with one attached hydrogen (secondary N) is 1. The Bertz CT molecular complexity index is 467. The Morgan fingerprint density at radius 3 is 2.44 bits per heavy atom. The number of likely N-dealkylation sites (tertiary alicyclic amines) is 1. The lowest BCUT2D eigenvalue weighted by Gasteiger charge is -2.21. The van der Waals surface area contributed by atoms with Gasteiger partial charge in [-0.05, 0) is 45.0 Å². The van der Waals surface area contributed by atoms with Gasteiger partial charge in [0.2, 0.25) is 10.0 Å². The van der Waals surface area contributed by atoms with E-state index < -0.39 is 10.0 Å². The molecule has 0 spiro atoms. The van der Waals surface area contributed by atoms with Crippen molar-refractivity contribution in [3.05, 3.63) is 30.3 Å². The zero-order valence-corrected chi connectivity index (χ0v) is 11.5. The van der Waals surface area contributed by atoms with E-state index in [1.165, 1.54) is 12.8 Å². The Morgan fingerprint density at radius 1 is 1.22 bits per heavy atom. The van der Waals surface area contributed by atoms with Crippen molar-refractivity contribution in [2.45, 2.75) is 30.7 Å². The number of hydrogen-bond acceptors (Lipinski definition) is 3. The molecular formula is C13H20N2O2S. The topological polar surface area (TPSA) is 49.4 Å². The molecule has 0 amide bonds. The lowest BCUT2D eigenvalue weighted by molar-refractivity contribution is 0.313. The van der Waals surface area contributed by atoms with Gasteiger partial charge in [-0.3, -0.25) is 0 Å². The molecule has 100 valence electrons. The average Bonchev–Trinajstić information content (AvgIpc) is 2.82. The highest BCUT2D eigenvalue weighted by Gasteiger charge is 2.20. The third-order valence-electron chi connectivity index (χ3n) is 3.14. The van der Waals surface area contributed by atoms with Crippen molar-refractivity contribution in [2.75, 3.05) is 19.6 Å². The molecule has 2 rings (SSSR count). The summed E-state index contributed by atoms with van der Waals surface area (Å²) in [5, 5.41) is 0. The maximum Gasteiger partial charge on any atom is 0.240 e. The molecule has 1 aliphatic rings. The van der Waals surface area contributed by atoms with Crippen LogP contribution in [-0.4, -0.2) is 39.0 Å². The van der Waals surface area contributed by atoms with Gasteiger partial charge in [-0.15, -0.1) is 0 Å². The molecule has 1 heterocycles. The van der Waals surface area contributed by atoms with Crippen LogP contribution in [0.3, 0.4) is 0 Å². The van der Waals surface area contributed by atoms with Crippen LogP contribution in [0.15, 0.2) is 35.2 Å². The van der Waals surface area contributed by atoms with Gasteiger partial charge in [0.25, 0.3) is 0 Å². The largest absolute Gasteiger partial charge is 0.302 e. The lowest BCUT2D eigenvalue weighted by atomic mass is 10.3. The van der Waals surface area contributed by atoms with Gasteiger partial charge in [-0.25, -0.2) is 13.1 Å². The smallest absolute Gasteiger partial charge is 0.240 e. The number of benzene rings is 1. The van der Waals surface area contributed by atoms with E-state index >= 15 is 0 Å². The van der Waals surface area contributed by atoms with Crippen molar-refractivity contribution in [3.8, 4) is 0 Å². The van der Waals surface area contributed by atoms with Gasteiger partial charge in [0, 0.05) is 12.6 Å². The summed E-state index contributed by atoms with van der Waals surface area (Å²) in [6, 6.07) is 8.45. The van der Waals surface area contributed by atoms with Gasteiger partial charge in [-0.1, -0.05) is 18.2 Å². The summed E-state index contributed by atoms with van der Waals surface area (Å²) in [6.07, 6.45) is 2.44. The molecule has 18 heavy (non-hydrogen) atoms. The molecule has 5 heteroatoms. The normalized spacial score (nSPS) is 18.9. The third kappa shape index (κ3) is 3.54. The highest BCUT2D eigenvalue weighted by molar-refractivity contribution is 7.89. The van der Waals surface area contributed by atoms with Crippen LogP contribution in [0.2, 0.25) is 0 Å². The fraction of sp³-hybridized carbons (Fsp3) is 0.538. The summed E-state index contributed by atoms with van der Waals surface area (Å²) in [5.41, 5.74) is 0. The molecule has 0 saturated carbocycles. The standard InChI is InChI=1S/C13H20N2O2S/c1-12(11-15-9-5-6-10-15)14-18(16,17)13-7-3-2-4-8-13/h2-4,7-8,12,14H,5-6,9-11H2,1H3. The highest BCUT2D eigenvalue weighted by atomic mass is 32.2. The summed E-state index contributed by atoms with van der Waals surface area (Å²) in [5.74, 6) is 0. The minimum atomic E-state index is -3.38. The van der Waals surface area contributed by atoms with Crippen molar-refractivity contribution in [1.82, 2.24) is 9.62 Å². The Morgan fingerprint density at radius 2 is 1.83 bits per heavy atom. The molecular weight excluding hydrogens is 248 g/mol. The van der Waals surface area contributed by atoms with Gasteiger partial charge in [0.05, 0.1) is 4.90 Å². The van der Waals surface area contributed by atoms with Crippen LogP contribution in [0, 0.1) is 0 Å². The molecule has 0 radical (unpaired) electrons. The molecule has 0 aromatic heterocycles. The van der Waals surface area contributed by atoms with Crippen molar-refractivity contribution < 1.29 is 8.42 Å². The molecule has 1 aromatic rings. The lowest BCUT2D eigenvalue weighted by Crippen LogP contribution is -2.40. The van der Waals surface area contributed by atoms with E-state index in [2.05, 4.69) is 9.62 Å². The molecule has 0 bridgehead atoms. The van der Waals surface area contributed by atoms with E-state index in [1.807, 2.05) is 13.0 Å². The maximum atomic E-state index is 12.1. The first kappa shape index (κ1) is 13.5. The number of rotatable bonds is 5. The molecule has 1 aliphatic heterocycles. The third-order valence-corrected chi connectivity index (χ3v) is 4.75. The predicted molar refractivity (Wildman–Crippen MR) is 71.9 cm³/mol. The molecule has 1 aromatic carbocycles. The summed E-state index contributed by atoms with van der Waals surface area (Å²) in [6.45, 7) is 4.86. The van der Waals surface area contributed by atoms with Gasteiger partial charge in [-0.2, -0.15) is 0 Å². The highest BCUT2D eigenvalue weighted by Crippen LogP contribution is 2.10. The molecule has 1 fully saturated rings. The molecule has 0 aliphatic carbocycles. The fourth-order valence-corrected chi connectivity index (χ4v) is 3.58. The summed E-state index contributed by atoms with van der Waals surface area (Å²) >= 11 is 0. The van der Waals surface area contributed by atoms with Crippen LogP contribution in [0.4, 0.5) is 0 Å². The van der Waals surface area contributed by atoms with Crippen LogP contribution in [0.5, 0.6) is 0 Å². The van der Waals surface area contributed by atoms with Gasteiger partial charge in [0.1, 0.15) is 0 Å². The summed E-state index contributed by atoms with van der Waals surface area (Å²) in [4.78, 5) is 2.64. The van der Waals surface area contributed by atoms with Crippen LogP contribution in [0.25, 0.3) is 0 Å². The van der Waals surface area contributed by atoms with E-state index in [0.29, 0.717) is 4.90 Å². The second-order valence-corrected chi connectivity index (χ2v) is 6.56. The van der Waals surface area contributed by atoms with E-state index in [-0.39, 0.29) is 6.04 Å². The van der Waals surface area contributed by atoms with Crippen molar-refractivity contribution in [3.63, 3.8) is 0 Å². The van der Waals surface area contributed by atoms with Crippen molar-refractivity contribution in [2.24, 2.45) is 0 Å². The van der Waals surface area contributed by atoms with E-state index in [4.69, 9.17) is 0 Å². The molecule has 1 saturated heterocycles. The first-order chi connectivity index (χ1) is 8.58. The predicted octanol–water partition coefficient (Wildman–Crippen LogP) is 1.45. The van der Waals surface area contributed by atoms with Crippen LogP contribution in [-0.2, 0) is 10.0 Å². The monoisotopic (exact) mass is 268 g/mol. The van der Waals surface area contributed by atoms with Gasteiger partial charge in [0.15, 0.2) is 0 Å². The first-order valence-electron chi connectivity index (χ1n) is 6.38. The SMILES string of the molecule is CC(CN1CCCC1)NS(=O)(=O)c1ccccc1. The van der Waals surface area contributed by atoms with Gasteiger partial charge < -0.3 is 4.90 Å². The van der Waals surface area contributed by atoms with Gasteiger partial charge >= 0.3 is 0 Å². The zero-order valence-electron chi connectivity index (χ0n) is 10.7. The minimum Gasteiger partial charge on any atom is -0.302 e. The number of sulfonamides is 1. The molecule has 1 atom stereocenters. The van der Waals surface area contributed by atoms with E-state index in [9.17, 15) is 8.42 Å². The Balaban J connectivity index is 1.95. The summed E-state index contributed by atoms with van der Waals surface area (Å²) < 4.78 is 26.9. The molecule has 1 N–H and O–H groups in total. The van der Waals surface area contributed by atoms with E-state index in [0.717, 1.165) is 19.6 Å².